The van der Waals surface area contributed by atoms with Crippen molar-refractivity contribution in [1.82, 2.24) is 15.7 Å². The molecule has 0 spiro atoms. The van der Waals surface area contributed by atoms with Gasteiger partial charge in [0.15, 0.2) is 5.54 Å². The van der Waals surface area contributed by atoms with Crippen molar-refractivity contribution in [1.29, 1.82) is 0 Å². The molecule has 2 heterocycles. The van der Waals surface area contributed by atoms with E-state index in [1.54, 1.807) is 50.2 Å². The van der Waals surface area contributed by atoms with Crippen LogP contribution < -0.4 is 16.3 Å². The number of benzene rings is 2. The van der Waals surface area contributed by atoms with Crippen molar-refractivity contribution in [3.8, 4) is 11.3 Å². The molecule has 1 aliphatic rings. The van der Waals surface area contributed by atoms with Gasteiger partial charge in [0.1, 0.15) is 5.82 Å². The van der Waals surface area contributed by atoms with Gasteiger partial charge in [0.2, 0.25) is 0 Å². The molecule has 30 heavy (non-hydrogen) atoms. The zero-order valence-electron chi connectivity index (χ0n) is 16.3. The minimum atomic E-state index is -1.45. The Morgan fingerprint density at radius 1 is 1.17 bits per heavy atom. The number of nitrogens with one attached hydrogen (secondary N) is 3. The first-order valence-corrected chi connectivity index (χ1v) is 9.33. The van der Waals surface area contributed by atoms with Crippen LogP contribution in [0.1, 0.15) is 19.4 Å². The maximum atomic E-state index is 14.2. The van der Waals surface area contributed by atoms with Crippen molar-refractivity contribution in [3.05, 3.63) is 81.8 Å². The van der Waals surface area contributed by atoms with E-state index in [4.69, 9.17) is 6.57 Å². The number of carbonyl (C=O) groups is 1. The molecule has 0 radical (unpaired) electrons. The van der Waals surface area contributed by atoms with E-state index in [2.05, 4.69) is 25.7 Å². The fraction of sp³-hybridized carbons (Fsp3) is 0.182. The number of H-pyrrole nitrogens is 1. The Morgan fingerprint density at radius 2 is 1.97 bits per heavy atom. The summed E-state index contributed by atoms with van der Waals surface area (Å²) in [7, 11) is 0. The van der Waals surface area contributed by atoms with Crippen LogP contribution in [0.2, 0.25) is 0 Å². The van der Waals surface area contributed by atoms with Crippen molar-refractivity contribution in [2.24, 2.45) is 10.9 Å². The number of rotatable bonds is 3. The highest BCUT2D eigenvalue weighted by Gasteiger charge is 2.50. The molecule has 3 N–H and O–H groups in total. The van der Waals surface area contributed by atoms with Gasteiger partial charge in [-0.15, -0.1) is 0 Å². The molecule has 150 valence electrons. The van der Waals surface area contributed by atoms with E-state index in [9.17, 15) is 14.0 Å². The Morgan fingerprint density at radius 3 is 2.67 bits per heavy atom. The smallest absolute Gasteiger partial charge is 0.270 e. The Kier molecular flexibility index (Phi) is 4.59. The Bertz CT molecular complexity index is 1300. The number of hydrogen-bond donors (Lipinski definition) is 3. The lowest BCUT2D eigenvalue weighted by Gasteiger charge is -2.27. The average molecular weight is 403 g/mol. The Labute approximate surface area is 171 Å². The molecule has 1 aromatic heterocycles. The van der Waals surface area contributed by atoms with Crippen LogP contribution in [0.3, 0.4) is 0 Å². The van der Waals surface area contributed by atoms with Gasteiger partial charge in [-0.05, 0) is 41.1 Å². The summed E-state index contributed by atoms with van der Waals surface area (Å²) in [6.07, 6.45) is 0. The van der Waals surface area contributed by atoms with E-state index >= 15 is 0 Å². The molecule has 1 amide bonds. The van der Waals surface area contributed by atoms with Gasteiger partial charge in [0, 0.05) is 11.1 Å². The van der Waals surface area contributed by atoms with Gasteiger partial charge in [-0.1, -0.05) is 43.5 Å². The van der Waals surface area contributed by atoms with E-state index in [0.29, 0.717) is 16.6 Å². The van der Waals surface area contributed by atoms with Crippen molar-refractivity contribution in [2.45, 2.75) is 19.4 Å². The summed E-state index contributed by atoms with van der Waals surface area (Å²) in [5.74, 6) is -1.15. The standard InChI is InChI=1S/C22H18FN5O2/c1-12(2)22(20(30)26-21(27-22)28-24-3)16-9-10-18(25-19(16)29)14-8-7-13-5-4-6-17(23)15(13)11-14/h4-12H,1-2H3,(H,25,29)(H2,26,27,28,30). The number of halogens is 1. The minimum Gasteiger partial charge on any atom is -0.322 e. The third-order valence-corrected chi connectivity index (χ3v) is 5.32. The van der Waals surface area contributed by atoms with Gasteiger partial charge in [0.05, 0.1) is 5.56 Å². The number of nitrogens with zero attached hydrogens (tertiary/aromatic N) is 2. The van der Waals surface area contributed by atoms with E-state index in [1.807, 2.05) is 6.07 Å². The Hall–Kier alpha value is -3.99. The number of aromatic amines is 1. The number of hydrogen-bond acceptors (Lipinski definition) is 4. The van der Waals surface area contributed by atoms with Crippen LogP contribution in [-0.4, -0.2) is 16.9 Å². The van der Waals surface area contributed by atoms with Crippen LogP contribution in [0.25, 0.3) is 27.0 Å². The zero-order valence-corrected chi connectivity index (χ0v) is 16.3. The number of guanidine groups is 1. The lowest BCUT2D eigenvalue weighted by Crippen LogP contribution is -2.45. The highest BCUT2D eigenvalue weighted by atomic mass is 19.1. The molecule has 4 rings (SSSR count). The van der Waals surface area contributed by atoms with Crippen LogP contribution in [0, 0.1) is 18.3 Å². The molecule has 0 aliphatic carbocycles. The van der Waals surface area contributed by atoms with Gasteiger partial charge in [0.25, 0.3) is 17.4 Å². The van der Waals surface area contributed by atoms with Gasteiger partial charge in [-0.25, -0.2) is 9.38 Å². The second-order valence-corrected chi connectivity index (χ2v) is 7.35. The molecule has 7 nitrogen and oxygen atoms in total. The summed E-state index contributed by atoms with van der Waals surface area (Å²) < 4.78 is 14.2. The number of aromatic nitrogens is 1. The molecule has 2 aromatic carbocycles. The third-order valence-electron chi connectivity index (χ3n) is 5.32. The SMILES string of the molecule is [C-]#[N+]NC1=NC(c2ccc(-c3ccc4cccc(F)c4c3)[nH]c2=O)(C(C)C)C(=O)N1. The van der Waals surface area contributed by atoms with Crippen molar-refractivity contribution in [3.63, 3.8) is 0 Å². The van der Waals surface area contributed by atoms with E-state index in [0.717, 1.165) is 5.39 Å². The molecule has 1 atom stereocenters. The van der Waals surface area contributed by atoms with Crippen LogP contribution in [0.5, 0.6) is 0 Å². The van der Waals surface area contributed by atoms with Crippen LogP contribution in [0.15, 0.2) is 58.3 Å². The van der Waals surface area contributed by atoms with Crippen LogP contribution in [0.4, 0.5) is 4.39 Å². The first-order chi connectivity index (χ1) is 14.4. The van der Waals surface area contributed by atoms with E-state index in [-0.39, 0.29) is 23.3 Å². The molecule has 0 fully saturated rings. The highest BCUT2D eigenvalue weighted by molar-refractivity contribution is 6.08. The summed E-state index contributed by atoms with van der Waals surface area (Å²) in [6.45, 7) is 10.5. The van der Waals surface area contributed by atoms with Crippen LogP contribution in [-0.2, 0) is 10.3 Å². The second-order valence-electron chi connectivity index (χ2n) is 7.35. The fourth-order valence-corrected chi connectivity index (χ4v) is 3.79. The summed E-state index contributed by atoms with van der Waals surface area (Å²) in [6, 6.07) is 13.3. The van der Waals surface area contributed by atoms with Gasteiger partial charge in [-0.2, -0.15) is 11.5 Å². The van der Waals surface area contributed by atoms with E-state index in [1.165, 1.54) is 6.07 Å². The largest absolute Gasteiger partial charge is 0.322 e. The highest BCUT2D eigenvalue weighted by Crippen LogP contribution is 2.35. The molecule has 1 aliphatic heterocycles. The number of aliphatic imine (C=N–C) groups is 1. The molecule has 1 unspecified atom stereocenters. The first-order valence-electron chi connectivity index (χ1n) is 9.33. The molecule has 3 aromatic rings. The van der Waals surface area contributed by atoms with E-state index < -0.39 is 17.0 Å². The number of amides is 1. The normalized spacial score (nSPS) is 18.2. The Balaban J connectivity index is 1.82. The summed E-state index contributed by atoms with van der Waals surface area (Å²) >= 11 is 0. The van der Waals surface area contributed by atoms with Gasteiger partial charge in [-0.3, -0.25) is 14.9 Å². The van der Waals surface area contributed by atoms with Crippen LogP contribution >= 0.6 is 0 Å². The molecular formula is C22H18FN5O2. The quantitative estimate of drug-likeness (QED) is 0.464. The summed E-state index contributed by atoms with van der Waals surface area (Å²) in [4.78, 5) is 35.9. The number of fused-ring (bicyclic) bond motifs is 1. The molecule has 8 heteroatoms. The molecule has 0 saturated heterocycles. The molecule has 0 saturated carbocycles. The number of carbonyl (C=O) groups excluding carboxylic acids is 1. The summed E-state index contributed by atoms with van der Waals surface area (Å²) in [5.41, 5.74) is 1.68. The van der Waals surface area contributed by atoms with Crippen molar-refractivity contribution < 1.29 is 9.18 Å². The topological polar surface area (TPSA) is 90.7 Å². The zero-order chi connectivity index (χ0) is 21.5. The fourth-order valence-electron chi connectivity index (χ4n) is 3.79. The maximum Gasteiger partial charge on any atom is 0.270 e. The predicted octanol–water partition coefficient (Wildman–Crippen LogP) is 3.10. The van der Waals surface area contributed by atoms with Gasteiger partial charge >= 0.3 is 0 Å². The lowest BCUT2D eigenvalue weighted by molar-refractivity contribution is -0.125. The van der Waals surface area contributed by atoms with Gasteiger partial charge < -0.3 is 4.98 Å². The number of pyridine rings is 1. The first kappa shape index (κ1) is 19.3. The lowest BCUT2D eigenvalue weighted by atomic mass is 9.80. The van der Waals surface area contributed by atoms with Crippen molar-refractivity contribution in [2.75, 3.05) is 0 Å². The summed E-state index contributed by atoms with van der Waals surface area (Å²) in [5, 5.41) is 3.73. The second kappa shape index (κ2) is 7.12. The molecule has 0 bridgehead atoms. The average Bonchev–Trinajstić information content (AvgIpc) is 3.05. The maximum absolute atomic E-state index is 14.2. The molecular weight excluding hydrogens is 385 g/mol. The van der Waals surface area contributed by atoms with Crippen molar-refractivity contribution >= 4 is 22.6 Å². The minimum absolute atomic E-state index is 0.0113. The predicted molar refractivity (Wildman–Crippen MR) is 112 cm³/mol. The third kappa shape index (κ3) is 2.92. The monoisotopic (exact) mass is 403 g/mol.